The Balaban J connectivity index is 2.01. The van der Waals surface area contributed by atoms with Crippen LogP contribution >= 0.6 is 0 Å². The molecule has 2 atom stereocenters. The van der Waals surface area contributed by atoms with Crippen LogP contribution in [-0.2, 0) is 0 Å². The van der Waals surface area contributed by atoms with Gasteiger partial charge in [-0.15, -0.1) is 0 Å². The molecule has 0 spiro atoms. The van der Waals surface area contributed by atoms with Gasteiger partial charge in [-0.2, -0.15) is 0 Å². The average molecular weight is 198 g/mol. The van der Waals surface area contributed by atoms with E-state index in [9.17, 15) is 15.3 Å². The monoisotopic (exact) mass is 198 g/mol. The Kier molecular flexibility index (Phi) is 1.53. The van der Waals surface area contributed by atoms with Gasteiger partial charge < -0.3 is 15.3 Å². The number of hydrogen-bond donors (Lipinski definition) is 3. The van der Waals surface area contributed by atoms with Crippen LogP contribution in [0, 0.1) is 11.3 Å². The molecule has 4 fully saturated rings. The van der Waals surface area contributed by atoms with Crippen LogP contribution in [-0.4, -0.2) is 33.1 Å². The van der Waals surface area contributed by atoms with Gasteiger partial charge in [0.15, 0.2) is 0 Å². The molecule has 4 bridgehead atoms. The minimum absolute atomic E-state index is 0.119. The van der Waals surface area contributed by atoms with E-state index in [4.69, 9.17) is 0 Å². The Hall–Kier alpha value is -0.120. The van der Waals surface area contributed by atoms with E-state index in [-0.39, 0.29) is 12.0 Å². The molecule has 3 N–H and O–H groups in total. The predicted octanol–water partition coefficient (Wildman–Crippen LogP) is 0.425. The van der Waals surface area contributed by atoms with Gasteiger partial charge in [0.05, 0.1) is 11.2 Å². The van der Waals surface area contributed by atoms with Crippen LogP contribution in [0.1, 0.15) is 38.5 Å². The Morgan fingerprint density at radius 1 is 0.929 bits per heavy atom. The summed E-state index contributed by atoms with van der Waals surface area (Å²) in [7, 11) is 0. The summed E-state index contributed by atoms with van der Waals surface area (Å²) in [5.74, 6) is 0.424. The zero-order valence-corrected chi connectivity index (χ0v) is 8.37. The lowest BCUT2D eigenvalue weighted by molar-refractivity contribution is -0.237. The summed E-state index contributed by atoms with van der Waals surface area (Å²) in [6.45, 7) is 0.119. The van der Waals surface area contributed by atoms with Crippen molar-refractivity contribution in [1.29, 1.82) is 0 Å². The van der Waals surface area contributed by atoms with Crippen LogP contribution in [0.5, 0.6) is 0 Å². The molecule has 0 heterocycles. The van der Waals surface area contributed by atoms with Crippen molar-refractivity contribution >= 4 is 0 Å². The topological polar surface area (TPSA) is 60.7 Å². The third-order valence-electron chi connectivity index (χ3n) is 4.46. The highest BCUT2D eigenvalue weighted by Gasteiger charge is 2.62. The molecule has 4 aliphatic carbocycles. The van der Waals surface area contributed by atoms with Gasteiger partial charge >= 0.3 is 0 Å². The fourth-order valence-electron chi connectivity index (χ4n) is 4.71. The number of aliphatic hydroxyl groups is 3. The lowest BCUT2D eigenvalue weighted by Gasteiger charge is -2.62. The quantitative estimate of drug-likeness (QED) is 0.572. The molecule has 0 radical (unpaired) electrons. The molecule has 3 nitrogen and oxygen atoms in total. The highest BCUT2D eigenvalue weighted by atomic mass is 16.3. The molecule has 0 amide bonds. The van der Waals surface area contributed by atoms with Crippen LogP contribution in [0.2, 0.25) is 0 Å². The van der Waals surface area contributed by atoms with Crippen LogP contribution in [0.4, 0.5) is 0 Å². The maximum absolute atomic E-state index is 10.3. The first-order valence-electron chi connectivity index (χ1n) is 5.52. The van der Waals surface area contributed by atoms with Crippen molar-refractivity contribution < 1.29 is 15.3 Å². The van der Waals surface area contributed by atoms with E-state index in [1.807, 2.05) is 0 Å². The lowest BCUT2D eigenvalue weighted by atomic mass is 9.46. The molecule has 4 aliphatic rings. The van der Waals surface area contributed by atoms with Crippen molar-refractivity contribution in [2.24, 2.45) is 11.3 Å². The zero-order valence-electron chi connectivity index (χ0n) is 8.37. The molecule has 14 heavy (non-hydrogen) atoms. The second-order valence-electron chi connectivity index (χ2n) is 6.12. The third kappa shape index (κ3) is 1.09. The molecule has 80 valence electrons. The lowest BCUT2D eigenvalue weighted by Crippen LogP contribution is -2.63. The van der Waals surface area contributed by atoms with E-state index in [2.05, 4.69) is 0 Å². The molecule has 0 saturated heterocycles. The van der Waals surface area contributed by atoms with Crippen molar-refractivity contribution in [3.63, 3.8) is 0 Å². The molecule has 0 aromatic heterocycles. The maximum atomic E-state index is 10.3. The van der Waals surface area contributed by atoms with E-state index in [0.717, 1.165) is 19.3 Å². The van der Waals surface area contributed by atoms with E-state index >= 15 is 0 Å². The van der Waals surface area contributed by atoms with Crippen molar-refractivity contribution in [3.05, 3.63) is 0 Å². The molecule has 4 rings (SSSR count). The van der Waals surface area contributed by atoms with Crippen molar-refractivity contribution in [3.8, 4) is 0 Å². The minimum Gasteiger partial charge on any atom is -0.396 e. The first-order valence-corrected chi connectivity index (χ1v) is 5.52. The minimum atomic E-state index is -0.684. The van der Waals surface area contributed by atoms with Gasteiger partial charge in [-0.05, 0) is 43.4 Å². The molecule has 2 unspecified atom stereocenters. The van der Waals surface area contributed by atoms with Crippen molar-refractivity contribution in [1.82, 2.24) is 0 Å². The van der Waals surface area contributed by atoms with Crippen LogP contribution in [0.25, 0.3) is 0 Å². The van der Waals surface area contributed by atoms with Gasteiger partial charge in [-0.3, -0.25) is 0 Å². The van der Waals surface area contributed by atoms with Crippen LogP contribution in [0.3, 0.4) is 0 Å². The molecular formula is C11H18O3. The number of aliphatic hydroxyl groups excluding tert-OH is 1. The Labute approximate surface area is 83.8 Å². The first-order chi connectivity index (χ1) is 6.47. The third-order valence-corrected chi connectivity index (χ3v) is 4.46. The summed E-state index contributed by atoms with van der Waals surface area (Å²) < 4.78 is 0. The van der Waals surface area contributed by atoms with Gasteiger partial charge in [-0.1, -0.05) is 0 Å². The highest BCUT2D eigenvalue weighted by Crippen LogP contribution is 2.62. The highest BCUT2D eigenvalue weighted by molar-refractivity contribution is 5.14. The van der Waals surface area contributed by atoms with Gasteiger partial charge in [-0.25, -0.2) is 0 Å². The molecule has 3 heteroatoms. The predicted molar refractivity (Wildman–Crippen MR) is 50.6 cm³/mol. The van der Waals surface area contributed by atoms with Crippen LogP contribution < -0.4 is 0 Å². The first kappa shape index (κ1) is 9.13. The normalized spacial score (nSPS) is 60.6. The number of hydrogen-bond acceptors (Lipinski definition) is 3. The summed E-state index contributed by atoms with van der Waals surface area (Å²) in [6.07, 6.45) is 4.56. The van der Waals surface area contributed by atoms with Crippen molar-refractivity contribution in [2.45, 2.75) is 49.7 Å². The van der Waals surface area contributed by atoms with Crippen LogP contribution in [0.15, 0.2) is 0 Å². The van der Waals surface area contributed by atoms with Gasteiger partial charge in [0.2, 0.25) is 0 Å². The summed E-state index contributed by atoms with van der Waals surface area (Å²) >= 11 is 0. The second kappa shape index (κ2) is 2.34. The van der Waals surface area contributed by atoms with E-state index in [1.54, 1.807) is 0 Å². The Morgan fingerprint density at radius 2 is 1.50 bits per heavy atom. The average Bonchev–Trinajstić information content (AvgIpc) is 1.97. The Morgan fingerprint density at radius 3 is 1.93 bits per heavy atom. The van der Waals surface area contributed by atoms with Gasteiger partial charge in [0, 0.05) is 13.0 Å². The van der Waals surface area contributed by atoms with Gasteiger partial charge in [0.1, 0.15) is 0 Å². The van der Waals surface area contributed by atoms with E-state index in [1.165, 1.54) is 0 Å². The summed E-state index contributed by atoms with van der Waals surface area (Å²) in [6, 6.07) is 0. The fraction of sp³-hybridized carbons (Fsp3) is 1.00. The smallest absolute Gasteiger partial charge is 0.0684 e. The summed E-state index contributed by atoms with van der Waals surface area (Å²) in [4.78, 5) is 0. The SMILES string of the molecule is OCC12CC3CC(O)(CC(O)(C3)C1)C2. The molecule has 0 aromatic carbocycles. The van der Waals surface area contributed by atoms with Crippen molar-refractivity contribution in [2.75, 3.05) is 6.61 Å². The molecule has 0 aromatic rings. The summed E-state index contributed by atoms with van der Waals surface area (Å²) in [5.41, 5.74) is -1.54. The fourth-order valence-corrected chi connectivity index (χ4v) is 4.71. The Bertz CT molecular complexity index is 258. The molecule has 4 saturated carbocycles. The van der Waals surface area contributed by atoms with E-state index in [0.29, 0.717) is 25.2 Å². The summed E-state index contributed by atoms with van der Waals surface area (Å²) in [5, 5.41) is 30.0. The largest absolute Gasteiger partial charge is 0.396 e. The standard InChI is InChI=1S/C11H18O3/c12-7-9-1-8-2-10(13,4-9)6-11(14,3-8)5-9/h8,12-14H,1-7H2. The number of rotatable bonds is 1. The zero-order chi connectivity index (χ0) is 10.0. The maximum Gasteiger partial charge on any atom is 0.0684 e. The molecule has 0 aliphatic heterocycles. The molecular weight excluding hydrogens is 180 g/mol. The second-order valence-corrected chi connectivity index (χ2v) is 6.12. The van der Waals surface area contributed by atoms with E-state index < -0.39 is 11.2 Å². The van der Waals surface area contributed by atoms with Gasteiger partial charge in [0.25, 0.3) is 0 Å².